The average molecular weight is 285 g/mol. The van der Waals surface area contributed by atoms with E-state index in [1.54, 1.807) is 4.90 Å². The number of nitrogens with zero attached hydrogens (tertiary/aromatic N) is 3. The molecule has 4 rings (SSSR count). The Balaban J connectivity index is 1.51. The van der Waals surface area contributed by atoms with Gasteiger partial charge in [0.2, 0.25) is 0 Å². The summed E-state index contributed by atoms with van der Waals surface area (Å²) in [4.78, 5) is 30.5. The number of urea groups is 1. The van der Waals surface area contributed by atoms with Crippen LogP contribution in [0.1, 0.15) is 19.3 Å². The summed E-state index contributed by atoms with van der Waals surface area (Å²) in [5.74, 6) is 0.0254. The molecule has 1 aromatic rings. The second-order valence-electron chi connectivity index (χ2n) is 6.07. The SMILES string of the molecule is O=C1[C@@H]2CCCN2C(=O)N1[C@@H]1CCN(c2ccccc2)C1. The zero-order chi connectivity index (χ0) is 14.4. The Morgan fingerprint density at radius 2 is 1.81 bits per heavy atom. The molecule has 2 atom stereocenters. The summed E-state index contributed by atoms with van der Waals surface area (Å²) < 4.78 is 0. The van der Waals surface area contributed by atoms with Crippen LogP contribution in [0.3, 0.4) is 0 Å². The van der Waals surface area contributed by atoms with Gasteiger partial charge in [0.05, 0.1) is 6.04 Å². The summed E-state index contributed by atoms with van der Waals surface area (Å²) in [5, 5.41) is 0. The van der Waals surface area contributed by atoms with Crippen molar-refractivity contribution in [1.29, 1.82) is 0 Å². The summed E-state index contributed by atoms with van der Waals surface area (Å²) in [6.07, 6.45) is 2.65. The van der Waals surface area contributed by atoms with Gasteiger partial charge >= 0.3 is 6.03 Å². The molecule has 3 aliphatic heterocycles. The van der Waals surface area contributed by atoms with E-state index >= 15 is 0 Å². The van der Waals surface area contributed by atoms with Crippen LogP contribution >= 0.6 is 0 Å². The predicted molar refractivity (Wildman–Crippen MR) is 79.0 cm³/mol. The zero-order valence-electron chi connectivity index (χ0n) is 11.9. The largest absolute Gasteiger partial charge is 0.369 e. The summed E-state index contributed by atoms with van der Waals surface area (Å²) >= 11 is 0. The molecule has 5 heteroatoms. The van der Waals surface area contributed by atoms with Crippen LogP contribution in [0.4, 0.5) is 10.5 Å². The van der Waals surface area contributed by atoms with Crippen molar-refractivity contribution in [1.82, 2.24) is 9.80 Å². The topological polar surface area (TPSA) is 43.9 Å². The van der Waals surface area contributed by atoms with Crippen LogP contribution in [0.5, 0.6) is 0 Å². The van der Waals surface area contributed by atoms with Gasteiger partial charge in [-0.05, 0) is 31.4 Å². The van der Waals surface area contributed by atoms with E-state index in [2.05, 4.69) is 17.0 Å². The maximum atomic E-state index is 12.5. The Kier molecular flexibility index (Phi) is 2.87. The van der Waals surface area contributed by atoms with E-state index in [0.29, 0.717) is 0 Å². The number of para-hydroxylation sites is 1. The molecule has 0 spiro atoms. The van der Waals surface area contributed by atoms with Crippen molar-refractivity contribution >= 4 is 17.6 Å². The summed E-state index contributed by atoms with van der Waals surface area (Å²) in [7, 11) is 0. The number of anilines is 1. The highest BCUT2D eigenvalue weighted by atomic mass is 16.2. The second kappa shape index (κ2) is 4.76. The number of carbonyl (C=O) groups is 2. The first-order chi connectivity index (χ1) is 10.3. The third kappa shape index (κ3) is 1.91. The molecule has 1 aromatic carbocycles. The number of amides is 3. The molecule has 110 valence electrons. The normalized spacial score (nSPS) is 28.7. The van der Waals surface area contributed by atoms with Gasteiger partial charge in [-0.25, -0.2) is 4.79 Å². The molecular formula is C16H19N3O2. The zero-order valence-corrected chi connectivity index (χ0v) is 11.9. The van der Waals surface area contributed by atoms with Crippen LogP contribution in [0.25, 0.3) is 0 Å². The second-order valence-corrected chi connectivity index (χ2v) is 6.07. The molecule has 3 heterocycles. The fourth-order valence-electron chi connectivity index (χ4n) is 3.81. The van der Waals surface area contributed by atoms with Crippen LogP contribution in [0.15, 0.2) is 30.3 Å². The highest BCUT2D eigenvalue weighted by Gasteiger charge is 2.50. The minimum atomic E-state index is -0.178. The van der Waals surface area contributed by atoms with E-state index in [1.807, 2.05) is 18.2 Å². The van der Waals surface area contributed by atoms with Gasteiger partial charge in [0.15, 0.2) is 0 Å². The van der Waals surface area contributed by atoms with Gasteiger partial charge in [-0.3, -0.25) is 9.69 Å². The van der Waals surface area contributed by atoms with E-state index in [4.69, 9.17) is 0 Å². The first-order valence-electron chi connectivity index (χ1n) is 7.69. The number of rotatable bonds is 2. The van der Waals surface area contributed by atoms with Crippen molar-refractivity contribution < 1.29 is 9.59 Å². The molecule has 0 aromatic heterocycles. The number of benzene rings is 1. The van der Waals surface area contributed by atoms with Gasteiger partial charge in [0.25, 0.3) is 5.91 Å². The van der Waals surface area contributed by atoms with Gasteiger partial charge in [-0.2, -0.15) is 0 Å². The summed E-state index contributed by atoms with van der Waals surface area (Å²) in [5.41, 5.74) is 1.17. The van der Waals surface area contributed by atoms with E-state index in [-0.39, 0.29) is 24.0 Å². The predicted octanol–water partition coefficient (Wildman–Crippen LogP) is 1.69. The van der Waals surface area contributed by atoms with Crippen LogP contribution in [0, 0.1) is 0 Å². The van der Waals surface area contributed by atoms with Crippen molar-refractivity contribution in [2.45, 2.75) is 31.3 Å². The van der Waals surface area contributed by atoms with E-state index in [0.717, 1.165) is 38.9 Å². The molecule has 0 bridgehead atoms. The fourth-order valence-corrected chi connectivity index (χ4v) is 3.81. The highest BCUT2D eigenvalue weighted by molar-refractivity contribution is 6.05. The molecule has 3 amide bonds. The van der Waals surface area contributed by atoms with Crippen LogP contribution in [-0.4, -0.2) is 53.5 Å². The third-order valence-corrected chi connectivity index (χ3v) is 4.88. The number of hydrogen-bond donors (Lipinski definition) is 0. The third-order valence-electron chi connectivity index (χ3n) is 4.88. The maximum absolute atomic E-state index is 12.5. The van der Waals surface area contributed by atoms with Crippen molar-refractivity contribution in [3.05, 3.63) is 30.3 Å². The number of hydrogen-bond acceptors (Lipinski definition) is 3. The molecule has 0 radical (unpaired) electrons. The monoisotopic (exact) mass is 285 g/mol. The van der Waals surface area contributed by atoms with Crippen LogP contribution in [0.2, 0.25) is 0 Å². The smallest absolute Gasteiger partial charge is 0.327 e. The molecular weight excluding hydrogens is 266 g/mol. The Morgan fingerprint density at radius 1 is 1.00 bits per heavy atom. The van der Waals surface area contributed by atoms with E-state index in [9.17, 15) is 9.59 Å². The average Bonchev–Trinajstić information content (AvgIpc) is 3.20. The quantitative estimate of drug-likeness (QED) is 0.777. The number of carbonyl (C=O) groups excluding carboxylic acids is 2. The molecule has 3 saturated heterocycles. The number of imide groups is 1. The van der Waals surface area contributed by atoms with Crippen molar-refractivity contribution in [2.24, 2.45) is 0 Å². The first kappa shape index (κ1) is 12.7. The van der Waals surface area contributed by atoms with Crippen molar-refractivity contribution in [2.75, 3.05) is 24.5 Å². The highest BCUT2D eigenvalue weighted by Crippen LogP contribution is 2.32. The molecule has 3 fully saturated rings. The maximum Gasteiger partial charge on any atom is 0.327 e. The molecule has 3 aliphatic rings. The van der Waals surface area contributed by atoms with Gasteiger partial charge < -0.3 is 9.80 Å². The lowest BCUT2D eigenvalue weighted by Crippen LogP contribution is -2.43. The first-order valence-corrected chi connectivity index (χ1v) is 7.69. The number of fused-ring (bicyclic) bond motifs is 1. The molecule has 0 aliphatic carbocycles. The van der Waals surface area contributed by atoms with Gasteiger partial charge in [-0.15, -0.1) is 0 Å². The van der Waals surface area contributed by atoms with Crippen LogP contribution < -0.4 is 4.90 Å². The van der Waals surface area contributed by atoms with E-state index in [1.165, 1.54) is 10.6 Å². The van der Waals surface area contributed by atoms with Crippen LogP contribution in [-0.2, 0) is 4.79 Å². The Hall–Kier alpha value is -2.04. The van der Waals surface area contributed by atoms with Crippen molar-refractivity contribution in [3.63, 3.8) is 0 Å². The molecule has 5 nitrogen and oxygen atoms in total. The standard InChI is InChI=1S/C16H19N3O2/c20-15-14-7-4-9-18(14)16(21)19(15)13-8-10-17(11-13)12-5-2-1-3-6-12/h1-3,5-6,13-14H,4,7-11H2/t13-,14+/m1/s1. The minimum Gasteiger partial charge on any atom is -0.369 e. The summed E-state index contributed by atoms with van der Waals surface area (Å²) in [6, 6.07) is 9.97. The molecule has 0 saturated carbocycles. The lowest BCUT2D eigenvalue weighted by Gasteiger charge is -2.23. The Bertz CT molecular complexity index is 552. The van der Waals surface area contributed by atoms with Crippen molar-refractivity contribution in [3.8, 4) is 0 Å². The Labute approximate surface area is 124 Å². The van der Waals surface area contributed by atoms with E-state index < -0.39 is 0 Å². The van der Waals surface area contributed by atoms with Gasteiger partial charge in [0.1, 0.15) is 6.04 Å². The lowest BCUT2D eigenvalue weighted by atomic mass is 10.2. The molecule has 0 unspecified atom stereocenters. The van der Waals surface area contributed by atoms with Gasteiger partial charge in [-0.1, -0.05) is 18.2 Å². The van der Waals surface area contributed by atoms with Gasteiger partial charge in [0, 0.05) is 25.3 Å². The molecule has 0 N–H and O–H groups in total. The minimum absolute atomic E-state index is 0.0239. The molecule has 21 heavy (non-hydrogen) atoms. The summed E-state index contributed by atoms with van der Waals surface area (Å²) in [6.45, 7) is 2.39. The Morgan fingerprint density at radius 3 is 2.57 bits per heavy atom. The fraction of sp³-hybridized carbons (Fsp3) is 0.500. The lowest BCUT2D eigenvalue weighted by molar-refractivity contribution is -0.129.